The van der Waals surface area contributed by atoms with Gasteiger partial charge in [0.05, 0.1) is 16.1 Å². The molecule has 0 bridgehead atoms. The van der Waals surface area contributed by atoms with Crippen molar-refractivity contribution >= 4 is 45.8 Å². The lowest BCUT2D eigenvalue weighted by molar-refractivity contribution is -0.122. The topological polar surface area (TPSA) is 87.0 Å². The van der Waals surface area contributed by atoms with Crippen LogP contribution in [-0.2, 0) is 4.79 Å². The van der Waals surface area contributed by atoms with Gasteiger partial charge in [-0.25, -0.2) is 4.79 Å². The van der Waals surface area contributed by atoms with Crippen LogP contribution in [-0.4, -0.2) is 22.0 Å². The number of imidazole rings is 1. The maximum Gasteiger partial charge on any atom is 0.323 e. The highest BCUT2D eigenvalue weighted by Gasteiger charge is 2.17. The van der Waals surface area contributed by atoms with Crippen molar-refractivity contribution in [3.63, 3.8) is 0 Å². The first kappa shape index (κ1) is 16.4. The van der Waals surface area contributed by atoms with Gasteiger partial charge in [-0.2, -0.15) is 0 Å². The second-order valence-electron chi connectivity index (χ2n) is 5.16. The second-order valence-corrected chi connectivity index (χ2v) is 6.01. The molecule has 0 fully saturated rings. The quantitative estimate of drug-likeness (QED) is 0.660. The van der Waals surface area contributed by atoms with E-state index >= 15 is 0 Å². The highest BCUT2D eigenvalue weighted by atomic mass is 35.5. The molecule has 1 atom stereocenters. The van der Waals surface area contributed by atoms with Crippen molar-refractivity contribution in [2.75, 3.05) is 5.32 Å². The van der Waals surface area contributed by atoms with E-state index in [-0.39, 0.29) is 11.6 Å². The number of carbonyl (C=O) groups excluding carboxylic acids is 1. The molecule has 0 saturated carbocycles. The molecule has 0 radical (unpaired) electrons. The SMILES string of the molecule is C[C@@H](Oc1ccc(Cl)cc1Cl)C(=O)Nc1ccc2[nH]c(=O)[nH]c2c1. The Balaban J connectivity index is 1.71. The van der Waals surface area contributed by atoms with Crippen LogP contribution in [0.5, 0.6) is 5.75 Å². The molecule has 0 saturated heterocycles. The van der Waals surface area contributed by atoms with Gasteiger partial charge in [-0.15, -0.1) is 0 Å². The van der Waals surface area contributed by atoms with Crippen LogP contribution in [0.4, 0.5) is 5.69 Å². The fourth-order valence-corrected chi connectivity index (χ4v) is 2.62. The van der Waals surface area contributed by atoms with E-state index in [2.05, 4.69) is 15.3 Å². The number of hydrogen-bond donors (Lipinski definition) is 3. The fraction of sp³-hybridized carbons (Fsp3) is 0.125. The first-order chi connectivity index (χ1) is 11.4. The van der Waals surface area contributed by atoms with Crippen LogP contribution in [0, 0.1) is 0 Å². The monoisotopic (exact) mass is 365 g/mol. The predicted molar refractivity (Wildman–Crippen MR) is 94.1 cm³/mol. The molecule has 1 amide bonds. The normalized spacial score (nSPS) is 12.1. The molecule has 24 heavy (non-hydrogen) atoms. The van der Waals surface area contributed by atoms with Crippen LogP contribution in [0.25, 0.3) is 11.0 Å². The Morgan fingerprint density at radius 3 is 2.62 bits per heavy atom. The molecule has 8 heteroatoms. The second kappa shape index (κ2) is 6.59. The molecular formula is C16H13Cl2N3O3. The summed E-state index contributed by atoms with van der Waals surface area (Å²) in [5, 5.41) is 3.54. The van der Waals surface area contributed by atoms with E-state index in [1.807, 2.05) is 0 Å². The van der Waals surface area contributed by atoms with Crippen molar-refractivity contribution < 1.29 is 9.53 Å². The van der Waals surface area contributed by atoms with Gasteiger partial charge in [-0.1, -0.05) is 23.2 Å². The third-order valence-corrected chi connectivity index (χ3v) is 3.88. The number of amides is 1. The Morgan fingerprint density at radius 1 is 1.12 bits per heavy atom. The minimum Gasteiger partial charge on any atom is -0.479 e. The number of H-pyrrole nitrogens is 2. The summed E-state index contributed by atoms with van der Waals surface area (Å²) in [6.07, 6.45) is -0.773. The van der Waals surface area contributed by atoms with Gasteiger partial charge in [0.2, 0.25) is 0 Å². The predicted octanol–water partition coefficient (Wildman–Crippen LogP) is 3.57. The van der Waals surface area contributed by atoms with Crippen molar-refractivity contribution in [1.82, 2.24) is 9.97 Å². The number of aromatic nitrogens is 2. The minimum absolute atomic E-state index is 0.303. The summed E-state index contributed by atoms with van der Waals surface area (Å²) in [5.41, 5.74) is 1.50. The van der Waals surface area contributed by atoms with Crippen molar-refractivity contribution in [1.29, 1.82) is 0 Å². The van der Waals surface area contributed by atoms with Crippen LogP contribution in [0.2, 0.25) is 10.0 Å². The third kappa shape index (κ3) is 3.55. The van der Waals surface area contributed by atoms with Gasteiger partial charge in [-0.3, -0.25) is 4.79 Å². The Morgan fingerprint density at radius 2 is 1.88 bits per heavy atom. The number of carbonyl (C=O) groups is 1. The van der Waals surface area contributed by atoms with Gasteiger partial charge >= 0.3 is 5.69 Å². The maximum atomic E-state index is 12.3. The Bertz CT molecular complexity index is 965. The van der Waals surface area contributed by atoms with E-state index in [0.29, 0.717) is 32.5 Å². The number of benzene rings is 2. The Kier molecular flexibility index (Phi) is 4.51. The zero-order chi connectivity index (χ0) is 17.3. The molecular weight excluding hydrogens is 353 g/mol. The van der Waals surface area contributed by atoms with E-state index in [0.717, 1.165) is 0 Å². The highest BCUT2D eigenvalue weighted by Crippen LogP contribution is 2.28. The van der Waals surface area contributed by atoms with Crippen molar-refractivity contribution in [2.45, 2.75) is 13.0 Å². The smallest absolute Gasteiger partial charge is 0.323 e. The summed E-state index contributed by atoms with van der Waals surface area (Å²) in [5.74, 6) is 0.0207. The largest absolute Gasteiger partial charge is 0.479 e. The number of aromatic amines is 2. The van der Waals surface area contributed by atoms with Crippen molar-refractivity contribution in [3.05, 3.63) is 56.9 Å². The van der Waals surface area contributed by atoms with E-state index in [4.69, 9.17) is 27.9 Å². The summed E-state index contributed by atoms with van der Waals surface area (Å²) in [6.45, 7) is 1.61. The standard InChI is InChI=1S/C16H13Cl2N3O3/c1-8(24-14-5-2-9(17)6-11(14)18)15(22)19-10-3-4-12-13(7-10)21-16(23)20-12/h2-8H,1H3,(H,19,22)(H2,20,21,23)/t8-/m1/s1. The molecule has 3 rings (SSSR count). The number of ether oxygens (including phenoxy) is 1. The van der Waals surface area contributed by atoms with Gasteiger partial charge in [0.1, 0.15) is 5.75 Å². The van der Waals surface area contributed by atoms with E-state index in [1.54, 1.807) is 43.3 Å². The highest BCUT2D eigenvalue weighted by molar-refractivity contribution is 6.35. The molecule has 0 unspecified atom stereocenters. The Hall–Kier alpha value is -2.44. The summed E-state index contributed by atoms with van der Waals surface area (Å²) in [7, 11) is 0. The number of fused-ring (bicyclic) bond motifs is 1. The van der Waals surface area contributed by atoms with E-state index in [9.17, 15) is 9.59 Å². The van der Waals surface area contributed by atoms with E-state index in [1.165, 1.54) is 0 Å². The average Bonchev–Trinajstić information content (AvgIpc) is 2.89. The van der Waals surface area contributed by atoms with Gasteiger partial charge in [0.15, 0.2) is 6.10 Å². The van der Waals surface area contributed by atoms with Crippen LogP contribution in [0.15, 0.2) is 41.2 Å². The zero-order valence-electron chi connectivity index (χ0n) is 12.5. The molecule has 6 nitrogen and oxygen atoms in total. The van der Waals surface area contributed by atoms with Gasteiger partial charge < -0.3 is 20.0 Å². The molecule has 0 spiro atoms. The minimum atomic E-state index is -0.773. The summed E-state index contributed by atoms with van der Waals surface area (Å²) >= 11 is 11.9. The van der Waals surface area contributed by atoms with E-state index < -0.39 is 6.10 Å². The van der Waals surface area contributed by atoms with Gasteiger partial charge in [-0.05, 0) is 43.3 Å². The number of nitrogens with one attached hydrogen (secondary N) is 3. The first-order valence-corrected chi connectivity index (χ1v) is 7.82. The summed E-state index contributed by atoms with van der Waals surface area (Å²) < 4.78 is 5.56. The van der Waals surface area contributed by atoms with Crippen LogP contribution >= 0.6 is 23.2 Å². The van der Waals surface area contributed by atoms with Crippen LogP contribution in [0.3, 0.4) is 0 Å². The first-order valence-electron chi connectivity index (χ1n) is 7.07. The van der Waals surface area contributed by atoms with Crippen LogP contribution in [0.1, 0.15) is 6.92 Å². The molecule has 1 aromatic heterocycles. The lowest BCUT2D eigenvalue weighted by atomic mass is 10.2. The number of halogens is 2. The van der Waals surface area contributed by atoms with Crippen LogP contribution < -0.4 is 15.7 Å². The lowest BCUT2D eigenvalue weighted by Gasteiger charge is -2.15. The lowest BCUT2D eigenvalue weighted by Crippen LogP contribution is -2.30. The molecule has 3 N–H and O–H groups in total. The molecule has 0 aliphatic rings. The maximum absolute atomic E-state index is 12.3. The molecule has 2 aromatic carbocycles. The molecule has 1 heterocycles. The number of rotatable bonds is 4. The Labute approximate surface area is 146 Å². The number of anilines is 1. The average molecular weight is 366 g/mol. The third-order valence-electron chi connectivity index (χ3n) is 3.35. The summed E-state index contributed by atoms with van der Waals surface area (Å²) in [6, 6.07) is 9.82. The van der Waals surface area contributed by atoms with Crippen molar-refractivity contribution in [2.24, 2.45) is 0 Å². The van der Waals surface area contributed by atoms with Gasteiger partial charge in [0.25, 0.3) is 5.91 Å². The molecule has 3 aromatic rings. The summed E-state index contributed by atoms with van der Waals surface area (Å²) in [4.78, 5) is 28.8. The fourth-order valence-electron chi connectivity index (χ4n) is 2.17. The molecule has 0 aliphatic carbocycles. The zero-order valence-corrected chi connectivity index (χ0v) is 14.0. The molecule has 124 valence electrons. The molecule has 0 aliphatic heterocycles. The number of hydrogen-bond acceptors (Lipinski definition) is 3. The van der Waals surface area contributed by atoms with Crippen molar-refractivity contribution in [3.8, 4) is 5.75 Å². The van der Waals surface area contributed by atoms with Gasteiger partial charge in [0, 0.05) is 10.7 Å².